The SMILES string of the molecule is C.CC.CC.CC.CC.O=C1N=C(c2ccccc2)c2c(O)[nH]c(-c3ccccc3)c21.O=C1N=C(c2ccccc2)c2c(O)[nH]c(-c3ccccc3)c21. The molecule has 2 amide bonds. The maximum atomic E-state index is 12.3. The molecule has 4 aromatic carbocycles. The summed E-state index contributed by atoms with van der Waals surface area (Å²) in [5.41, 5.74) is 7.37. The Hall–Kier alpha value is -6.28. The molecule has 6 aromatic rings. The minimum absolute atomic E-state index is 0. The summed E-state index contributed by atoms with van der Waals surface area (Å²) >= 11 is 0. The fourth-order valence-electron chi connectivity index (χ4n) is 5.54. The summed E-state index contributed by atoms with van der Waals surface area (Å²) in [6, 6.07) is 37.7. The predicted molar refractivity (Wildman–Crippen MR) is 221 cm³/mol. The molecule has 4 heterocycles. The minimum atomic E-state index is -0.329. The van der Waals surface area contributed by atoms with E-state index in [0.717, 1.165) is 22.3 Å². The lowest BCUT2D eigenvalue weighted by Crippen LogP contribution is -1.99. The van der Waals surface area contributed by atoms with E-state index in [-0.39, 0.29) is 31.0 Å². The Labute approximate surface area is 314 Å². The summed E-state index contributed by atoms with van der Waals surface area (Å²) in [4.78, 5) is 38.8. The lowest BCUT2D eigenvalue weighted by molar-refractivity contribution is 0.0998. The van der Waals surface area contributed by atoms with Gasteiger partial charge in [0, 0.05) is 11.1 Å². The average Bonchev–Trinajstić information content (AvgIpc) is 3.97. The summed E-state index contributed by atoms with van der Waals surface area (Å²) in [6.07, 6.45) is 0. The molecule has 0 radical (unpaired) electrons. The molecule has 8 heteroatoms. The zero-order valence-corrected chi connectivity index (χ0v) is 31.2. The number of benzene rings is 4. The Bertz CT molecular complexity index is 1940. The summed E-state index contributed by atoms with van der Waals surface area (Å²) in [5, 5.41) is 20.5. The maximum absolute atomic E-state index is 12.3. The Balaban J connectivity index is 0.000000304. The van der Waals surface area contributed by atoms with E-state index in [9.17, 15) is 19.8 Å². The molecule has 8 nitrogen and oxygen atoms in total. The van der Waals surface area contributed by atoms with Crippen molar-refractivity contribution in [3.63, 3.8) is 0 Å². The van der Waals surface area contributed by atoms with Gasteiger partial charge in [0.2, 0.25) is 0 Å². The van der Waals surface area contributed by atoms with Crippen LogP contribution in [0.5, 0.6) is 11.8 Å². The first kappa shape index (κ1) is 42.9. The molecule has 0 fully saturated rings. The number of nitrogens with zero attached hydrogens (tertiary/aromatic N) is 2. The van der Waals surface area contributed by atoms with Crippen molar-refractivity contribution in [2.45, 2.75) is 62.8 Å². The molecule has 0 bridgehead atoms. The molecule has 2 aliphatic rings. The third kappa shape index (κ3) is 9.15. The minimum Gasteiger partial charge on any atom is -0.494 e. The number of carbonyl (C=O) groups excluding carboxylic acids is 2. The van der Waals surface area contributed by atoms with E-state index < -0.39 is 0 Å². The van der Waals surface area contributed by atoms with Crippen LogP contribution in [-0.4, -0.2) is 43.4 Å². The summed E-state index contributed by atoms with van der Waals surface area (Å²) < 4.78 is 0. The molecule has 4 N–H and O–H groups in total. The zero-order chi connectivity index (χ0) is 38.2. The third-order valence-corrected chi connectivity index (χ3v) is 7.51. The second-order valence-electron chi connectivity index (χ2n) is 10.2. The molecule has 0 unspecified atom stereocenters. The molecule has 0 saturated heterocycles. The maximum Gasteiger partial charge on any atom is 0.280 e. The zero-order valence-electron chi connectivity index (χ0n) is 31.2. The molecule has 0 spiro atoms. The normalized spacial score (nSPS) is 11.3. The van der Waals surface area contributed by atoms with Crippen LogP contribution in [0.4, 0.5) is 0 Å². The lowest BCUT2D eigenvalue weighted by Gasteiger charge is -2.00. The number of hydrogen-bond donors (Lipinski definition) is 4. The molecular formula is C45H52N4O4. The molecule has 2 aliphatic heterocycles. The molecule has 0 aliphatic carbocycles. The quantitative estimate of drug-likeness (QED) is 0.145. The van der Waals surface area contributed by atoms with Crippen molar-refractivity contribution in [3.8, 4) is 34.3 Å². The smallest absolute Gasteiger partial charge is 0.280 e. The monoisotopic (exact) mass is 712 g/mol. The van der Waals surface area contributed by atoms with Crippen molar-refractivity contribution in [2.75, 3.05) is 0 Å². The van der Waals surface area contributed by atoms with Crippen molar-refractivity contribution < 1.29 is 19.8 Å². The molecule has 276 valence electrons. The highest BCUT2D eigenvalue weighted by Gasteiger charge is 2.34. The van der Waals surface area contributed by atoms with Crippen molar-refractivity contribution in [1.82, 2.24) is 9.97 Å². The number of aliphatic imine (C=N–C) groups is 2. The number of nitrogens with one attached hydrogen (secondary N) is 2. The number of H-pyrrole nitrogens is 2. The van der Waals surface area contributed by atoms with Gasteiger partial charge in [0.15, 0.2) is 11.8 Å². The van der Waals surface area contributed by atoms with E-state index in [0.29, 0.717) is 45.1 Å². The van der Waals surface area contributed by atoms with Gasteiger partial charge >= 0.3 is 0 Å². The number of fused-ring (bicyclic) bond motifs is 2. The van der Waals surface area contributed by atoms with Gasteiger partial charge < -0.3 is 20.2 Å². The van der Waals surface area contributed by atoms with Gasteiger partial charge in [-0.1, -0.05) is 184 Å². The van der Waals surface area contributed by atoms with Crippen LogP contribution in [0.1, 0.15) is 106 Å². The van der Waals surface area contributed by atoms with E-state index in [4.69, 9.17) is 0 Å². The van der Waals surface area contributed by atoms with Gasteiger partial charge in [-0.05, 0) is 11.1 Å². The fraction of sp³-hybridized carbons (Fsp3) is 0.200. The van der Waals surface area contributed by atoms with Gasteiger partial charge in [-0.3, -0.25) is 9.59 Å². The van der Waals surface area contributed by atoms with E-state index in [1.807, 2.05) is 177 Å². The highest BCUT2D eigenvalue weighted by Crippen LogP contribution is 2.39. The van der Waals surface area contributed by atoms with Crippen molar-refractivity contribution >= 4 is 23.2 Å². The van der Waals surface area contributed by atoms with Gasteiger partial charge in [-0.15, -0.1) is 0 Å². The molecule has 0 saturated carbocycles. The van der Waals surface area contributed by atoms with Crippen molar-refractivity contribution in [1.29, 1.82) is 0 Å². The topological polar surface area (TPSA) is 131 Å². The summed E-state index contributed by atoms with van der Waals surface area (Å²) in [5.74, 6) is -0.710. The molecule has 53 heavy (non-hydrogen) atoms. The molecule has 0 atom stereocenters. The number of amides is 2. The van der Waals surface area contributed by atoms with Gasteiger partial charge in [-0.25, -0.2) is 9.98 Å². The van der Waals surface area contributed by atoms with E-state index in [2.05, 4.69) is 20.0 Å². The predicted octanol–water partition coefficient (Wildman–Crippen LogP) is 11.5. The Morgan fingerprint density at radius 3 is 0.906 bits per heavy atom. The largest absolute Gasteiger partial charge is 0.494 e. The second kappa shape index (κ2) is 21.2. The molecular weight excluding hydrogens is 661 g/mol. The number of aromatic nitrogens is 2. The van der Waals surface area contributed by atoms with E-state index in [1.165, 1.54) is 0 Å². The first-order valence-corrected chi connectivity index (χ1v) is 17.9. The second-order valence-corrected chi connectivity index (χ2v) is 10.2. The van der Waals surface area contributed by atoms with Crippen molar-refractivity contribution in [2.24, 2.45) is 9.98 Å². The number of carbonyl (C=O) groups is 2. The standard InChI is InChI=1S/2C18H12N2O2.4C2H6.CH4/c2*21-17-13-14(16(20-17)12-9-5-2-6-10-12)18(22)19-15(13)11-7-3-1-4-8-11;4*1-2;/h2*1-10,19,22H;4*1-2H3;1H4. The number of aromatic hydroxyl groups is 2. The van der Waals surface area contributed by atoms with Crippen LogP contribution < -0.4 is 0 Å². The van der Waals surface area contributed by atoms with E-state index in [1.54, 1.807) is 0 Å². The fourth-order valence-corrected chi connectivity index (χ4v) is 5.54. The van der Waals surface area contributed by atoms with Crippen molar-refractivity contribution in [3.05, 3.63) is 155 Å². The van der Waals surface area contributed by atoms with Crippen LogP contribution in [0.3, 0.4) is 0 Å². The highest BCUT2D eigenvalue weighted by molar-refractivity contribution is 6.31. The van der Waals surface area contributed by atoms with Gasteiger partial charge in [0.05, 0.1) is 45.1 Å². The van der Waals surface area contributed by atoms with Gasteiger partial charge in [0.1, 0.15) is 0 Å². The number of rotatable bonds is 4. The van der Waals surface area contributed by atoms with E-state index >= 15 is 0 Å². The van der Waals surface area contributed by atoms with Crippen LogP contribution in [0.25, 0.3) is 22.5 Å². The van der Waals surface area contributed by atoms with Crippen LogP contribution in [0.2, 0.25) is 0 Å². The van der Waals surface area contributed by atoms with Gasteiger partial charge in [-0.2, -0.15) is 0 Å². The number of aromatic amines is 2. The number of hydrogen-bond acceptors (Lipinski definition) is 4. The molecule has 8 rings (SSSR count). The molecule has 2 aromatic heterocycles. The highest BCUT2D eigenvalue weighted by atomic mass is 16.3. The van der Waals surface area contributed by atoms with Crippen LogP contribution in [0.15, 0.2) is 131 Å². The Morgan fingerprint density at radius 1 is 0.396 bits per heavy atom. The summed E-state index contributed by atoms with van der Waals surface area (Å²) in [7, 11) is 0. The Morgan fingerprint density at radius 2 is 0.642 bits per heavy atom. The van der Waals surface area contributed by atoms with Crippen LogP contribution >= 0.6 is 0 Å². The first-order chi connectivity index (χ1) is 25.5. The Kier molecular flexibility index (Phi) is 17.1. The van der Waals surface area contributed by atoms with Crippen LogP contribution in [0, 0.1) is 0 Å². The third-order valence-electron chi connectivity index (χ3n) is 7.51. The average molecular weight is 713 g/mol. The first-order valence-electron chi connectivity index (χ1n) is 17.9. The lowest BCUT2D eigenvalue weighted by atomic mass is 10.0. The van der Waals surface area contributed by atoms with Gasteiger partial charge in [0.25, 0.3) is 11.8 Å². The van der Waals surface area contributed by atoms with Crippen LogP contribution in [-0.2, 0) is 0 Å². The summed E-state index contributed by atoms with van der Waals surface area (Å²) in [6.45, 7) is 16.0.